The van der Waals surface area contributed by atoms with Crippen LogP contribution in [0.15, 0.2) is 29.2 Å². The van der Waals surface area contributed by atoms with E-state index in [0.29, 0.717) is 0 Å². The zero-order chi connectivity index (χ0) is 15.4. The van der Waals surface area contributed by atoms with E-state index in [0.717, 1.165) is 10.6 Å². The van der Waals surface area contributed by atoms with E-state index in [-0.39, 0.29) is 18.9 Å². The molecule has 0 bridgehead atoms. The number of amides is 2. The lowest BCUT2D eigenvalue weighted by Crippen LogP contribution is -2.28. The van der Waals surface area contributed by atoms with Crippen LogP contribution in [0.3, 0.4) is 0 Å². The molecule has 1 heterocycles. The fourth-order valence-corrected chi connectivity index (χ4v) is 2.61. The summed E-state index contributed by atoms with van der Waals surface area (Å²) in [5.74, 6) is -1.97. The van der Waals surface area contributed by atoms with Crippen molar-refractivity contribution < 1.29 is 19.1 Å². The third-order valence-electron chi connectivity index (χ3n) is 3.18. The Kier molecular flexibility index (Phi) is 4.85. The Bertz CT molecular complexity index is 576. The Balaban J connectivity index is 2.05. The zero-order valence-electron chi connectivity index (χ0n) is 11.6. The Labute approximate surface area is 126 Å². The summed E-state index contributed by atoms with van der Waals surface area (Å²) in [6, 6.07) is 7.55. The highest BCUT2D eigenvalue weighted by molar-refractivity contribution is 7.98. The number of hydrogen-bond acceptors (Lipinski definition) is 5. The summed E-state index contributed by atoms with van der Waals surface area (Å²) in [6.45, 7) is -0.195. The summed E-state index contributed by atoms with van der Waals surface area (Å²) < 4.78 is 4.77. The van der Waals surface area contributed by atoms with E-state index < -0.39 is 24.4 Å². The maximum Gasteiger partial charge on any atom is 0.311 e. The smallest absolute Gasteiger partial charge is 0.311 e. The number of ether oxygens (including phenoxy) is 1. The second-order valence-electron chi connectivity index (χ2n) is 4.68. The van der Waals surface area contributed by atoms with E-state index in [1.807, 2.05) is 30.5 Å². The lowest BCUT2D eigenvalue weighted by atomic mass is 10.1. The summed E-state index contributed by atoms with van der Waals surface area (Å²) in [6.07, 6.45) is 2.04. The number of esters is 1. The highest BCUT2D eigenvalue weighted by Crippen LogP contribution is 2.28. The molecule has 1 unspecified atom stereocenters. The molecule has 21 heavy (non-hydrogen) atoms. The van der Waals surface area contributed by atoms with Crippen molar-refractivity contribution in [2.75, 3.05) is 24.3 Å². The van der Waals surface area contributed by atoms with Gasteiger partial charge in [-0.05, 0) is 24.5 Å². The first-order valence-corrected chi connectivity index (χ1v) is 7.63. The lowest BCUT2D eigenvalue weighted by molar-refractivity contribution is -0.151. The molecule has 2 amide bonds. The average molecular weight is 308 g/mol. The van der Waals surface area contributed by atoms with E-state index in [1.165, 1.54) is 0 Å². The molecule has 1 aliphatic heterocycles. The molecule has 1 aromatic carbocycles. The van der Waals surface area contributed by atoms with E-state index in [4.69, 9.17) is 10.5 Å². The summed E-state index contributed by atoms with van der Waals surface area (Å²) in [5.41, 5.74) is 5.68. The van der Waals surface area contributed by atoms with Crippen LogP contribution in [0.1, 0.15) is 6.42 Å². The van der Waals surface area contributed by atoms with Gasteiger partial charge in [-0.3, -0.25) is 14.4 Å². The molecule has 0 aromatic heterocycles. The summed E-state index contributed by atoms with van der Waals surface area (Å²) in [7, 11) is 0. The number of nitrogens with two attached hydrogens (primary N) is 1. The number of primary amides is 1. The van der Waals surface area contributed by atoms with Gasteiger partial charge in [0.15, 0.2) is 6.61 Å². The number of hydrogen-bond donors (Lipinski definition) is 1. The number of rotatable bonds is 5. The molecular formula is C14H16N2O4S. The maximum absolute atomic E-state index is 12.0. The number of anilines is 1. The van der Waals surface area contributed by atoms with Gasteiger partial charge in [-0.25, -0.2) is 0 Å². The number of benzene rings is 1. The van der Waals surface area contributed by atoms with Crippen molar-refractivity contribution in [2.24, 2.45) is 11.7 Å². The molecule has 7 heteroatoms. The summed E-state index contributed by atoms with van der Waals surface area (Å²) in [4.78, 5) is 37.0. The lowest BCUT2D eigenvalue weighted by Gasteiger charge is -2.17. The second-order valence-corrected chi connectivity index (χ2v) is 5.56. The van der Waals surface area contributed by atoms with Gasteiger partial charge in [0.25, 0.3) is 5.91 Å². The van der Waals surface area contributed by atoms with Crippen molar-refractivity contribution in [3.05, 3.63) is 24.3 Å². The predicted octanol–water partition coefficient (Wildman–Crippen LogP) is 0.790. The standard InChI is InChI=1S/C14H16N2O4S/c1-21-11-4-2-3-10(6-11)16-7-9(5-13(16)18)14(19)20-8-12(15)17/h2-4,6,9H,5,7-8H2,1H3,(H2,15,17). The quantitative estimate of drug-likeness (QED) is 0.641. The Morgan fingerprint density at radius 1 is 1.48 bits per heavy atom. The largest absolute Gasteiger partial charge is 0.455 e. The predicted molar refractivity (Wildman–Crippen MR) is 78.8 cm³/mol. The summed E-state index contributed by atoms with van der Waals surface area (Å²) in [5, 5.41) is 0. The minimum Gasteiger partial charge on any atom is -0.455 e. The third-order valence-corrected chi connectivity index (χ3v) is 3.91. The first kappa shape index (κ1) is 15.4. The van der Waals surface area contributed by atoms with Gasteiger partial charge in [0.1, 0.15) is 0 Å². The minimum absolute atomic E-state index is 0.0844. The molecule has 2 N–H and O–H groups in total. The molecule has 0 spiro atoms. The molecule has 1 fully saturated rings. The molecule has 2 rings (SSSR count). The monoisotopic (exact) mass is 308 g/mol. The van der Waals surface area contributed by atoms with Gasteiger partial charge in [0.05, 0.1) is 5.92 Å². The van der Waals surface area contributed by atoms with Gasteiger partial charge in [-0.1, -0.05) is 6.07 Å². The highest BCUT2D eigenvalue weighted by atomic mass is 32.2. The van der Waals surface area contributed by atoms with Gasteiger partial charge in [-0.15, -0.1) is 11.8 Å². The van der Waals surface area contributed by atoms with Crippen molar-refractivity contribution in [3.63, 3.8) is 0 Å². The molecule has 112 valence electrons. The normalized spacial score (nSPS) is 17.9. The second kappa shape index (κ2) is 6.62. The molecule has 0 aliphatic carbocycles. The van der Waals surface area contributed by atoms with Crippen LogP contribution < -0.4 is 10.6 Å². The number of carbonyl (C=O) groups is 3. The van der Waals surface area contributed by atoms with E-state index in [9.17, 15) is 14.4 Å². The minimum atomic E-state index is -0.711. The Morgan fingerprint density at radius 2 is 2.24 bits per heavy atom. The average Bonchev–Trinajstić information content (AvgIpc) is 2.87. The van der Waals surface area contributed by atoms with Gasteiger partial charge in [-0.2, -0.15) is 0 Å². The number of thioether (sulfide) groups is 1. The van der Waals surface area contributed by atoms with Crippen molar-refractivity contribution in [1.82, 2.24) is 0 Å². The Morgan fingerprint density at radius 3 is 2.90 bits per heavy atom. The van der Waals surface area contributed by atoms with Crippen LogP contribution in [0.25, 0.3) is 0 Å². The SMILES string of the molecule is CSc1cccc(N2CC(C(=O)OCC(N)=O)CC2=O)c1. The van der Waals surface area contributed by atoms with E-state index >= 15 is 0 Å². The molecule has 1 aromatic rings. The van der Waals surface area contributed by atoms with E-state index in [1.54, 1.807) is 16.7 Å². The van der Waals surface area contributed by atoms with Crippen LogP contribution in [0.2, 0.25) is 0 Å². The molecule has 1 saturated heterocycles. The molecular weight excluding hydrogens is 292 g/mol. The highest BCUT2D eigenvalue weighted by Gasteiger charge is 2.36. The number of nitrogens with zero attached hydrogens (tertiary/aromatic N) is 1. The van der Waals surface area contributed by atoms with Gasteiger partial charge in [0, 0.05) is 23.5 Å². The molecule has 0 radical (unpaired) electrons. The molecule has 1 aliphatic rings. The van der Waals surface area contributed by atoms with Crippen LogP contribution in [0.5, 0.6) is 0 Å². The fourth-order valence-electron chi connectivity index (χ4n) is 2.15. The van der Waals surface area contributed by atoms with Gasteiger partial charge in [0.2, 0.25) is 5.91 Å². The van der Waals surface area contributed by atoms with Crippen molar-refractivity contribution >= 4 is 35.2 Å². The molecule has 6 nitrogen and oxygen atoms in total. The van der Waals surface area contributed by atoms with Crippen LogP contribution in [0.4, 0.5) is 5.69 Å². The topological polar surface area (TPSA) is 89.7 Å². The van der Waals surface area contributed by atoms with Crippen LogP contribution >= 0.6 is 11.8 Å². The van der Waals surface area contributed by atoms with Gasteiger partial charge < -0.3 is 15.4 Å². The van der Waals surface area contributed by atoms with E-state index in [2.05, 4.69) is 0 Å². The van der Waals surface area contributed by atoms with Crippen LogP contribution in [0, 0.1) is 5.92 Å². The van der Waals surface area contributed by atoms with Crippen molar-refractivity contribution in [2.45, 2.75) is 11.3 Å². The van der Waals surface area contributed by atoms with Crippen LogP contribution in [-0.4, -0.2) is 37.2 Å². The van der Waals surface area contributed by atoms with Crippen molar-refractivity contribution in [1.29, 1.82) is 0 Å². The number of carbonyl (C=O) groups excluding carboxylic acids is 3. The fraction of sp³-hybridized carbons (Fsp3) is 0.357. The third kappa shape index (κ3) is 3.75. The first-order valence-electron chi connectivity index (χ1n) is 6.40. The summed E-state index contributed by atoms with van der Waals surface area (Å²) >= 11 is 1.58. The Hall–Kier alpha value is -2.02. The maximum atomic E-state index is 12.0. The molecule has 0 saturated carbocycles. The van der Waals surface area contributed by atoms with Gasteiger partial charge >= 0.3 is 5.97 Å². The van der Waals surface area contributed by atoms with Crippen LogP contribution in [-0.2, 0) is 19.1 Å². The van der Waals surface area contributed by atoms with Crippen molar-refractivity contribution in [3.8, 4) is 0 Å². The zero-order valence-corrected chi connectivity index (χ0v) is 12.4. The first-order chi connectivity index (χ1) is 10.0. The molecule has 1 atom stereocenters.